The lowest BCUT2D eigenvalue weighted by molar-refractivity contribution is -0.154. The van der Waals surface area contributed by atoms with Gasteiger partial charge in [-0.25, -0.2) is 0 Å². The zero-order valence-electron chi connectivity index (χ0n) is 11.9. The maximum absolute atomic E-state index is 12.8. The van der Waals surface area contributed by atoms with Crippen molar-refractivity contribution in [2.45, 2.75) is 64.0 Å². The van der Waals surface area contributed by atoms with Crippen molar-refractivity contribution >= 4 is 11.8 Å². The maximum atomic E-state index is 12.8. The van der Waals surface area contributed by atoms with E-state index in [2.05, 4.69) is 5.32 Å². The van der Waals surface area contributed by atoms with Crippen LogP contribution < -0.4 is 5.32 Å². The standard InChI is InChI=1S/C15H24N2O2/c1-3-15(4-2)14(19)17(9-13(18)16-15)12-8-10-5-6-11(12)7-10/h10-12H,3-9H2,1-2H3,(H,16,18). The molecule has 1 saturated heterocycles. The van der Waals surface area contributed by atoms with Gasteiger partial charge in [-0.15, -0.1) is 0 Å². The van der Waals surface area contributed by atoms with Gasteiger partial charge in [0.05, 0.1) is 6.54 Å². The molecule has 1 N–H and O–H groups in total. The molecule has 2 bridgehead atoms. The molecule has 0 aromatic rings. The van der Waals surface area contributed by atoms with Crippen molar-refractivity contribution in [2.24, 2.45) is 11.8 Å². The number of rotatable bonds is 3. The third-order valence-electron chi connectivity index (χ3n) is 5.67. The highest BCUT2D eigenvalue weighted by atomic mass is 16.2. The SMILES string of the molecule is CCC1(CC)NC(=O)CN(C2CC3CCC2C3)C1=O. The van der Waals surface area contributed by atoms with Crippen LogP contribution in [0.25, 0.3) is 0 Å². The Morgan fingerprint density at radius 3 is 2.47 bits per heavy atom. The van der Waals surface area contributed by atoms with Crippen LogP contribution >= 0.6 is 0 Å². The topological polar surface area (TPSA) is 49.4 Å². The van der Waals surface area contributed by atoms with Gasteiger partial charge >= 0.3 is 0 Å². The molecule has 2 saturated carbocycles. The summed E-state index contributed by atoms with van der Waals surface area (Å²) in [6.45, 7) is 4.26. The summed E-state index contributed by atoms with van der Waals surface area (Å²) in [5.74, 6) is 1.62. The third-order valence-corrected chi connectivity index (χ3v) is 5.67. The van der Waals surface area contributed by atoms with Gasteiger partial charge in [0, 0.05) is 6.04 Å². The summed E-state index contributed by atoms with van der Waals surface area (Å²) in [6.07, 6.45) is 6.32. The van der Waals surface area contributed by atoms with Crippen molar-refractivity contribution in [1.82, 2.24) is 10.2 Å². The Kier molecular flexibility index (Phi) is 3.06. The van der Waals surface area contributed by atoms with Gasteiger partial charge < -0.3 is 10.2 Å². The first-order chi connectivity index (χ1) is 9.09. The molecule has 0 spiro atoms. The van der Waals surface area contributed by atoms with Crippen LogP contribution in [0, 0.1) is 11.8 Å². The molecule has 3 unspecified atom stereocenters. The number of carbonyl (C=O) groups excluding carboxylic acids is 2. The number of nitrogens with zero attached hydrogens (tertiary/aromatic N) is 1. The van der Waals surface area contributed by atoms with Crippen LogP contribution in [0.3, 0.4) is 0 Å². The van der Waals surface area contributed by atoms with Gasteiger partial charge in [0.15, 0.2) is 0 Å². The molecule has 19 heavy (non-hydrogen) atoms. The average molecular weight is 264 g/mol. The minimum absolute atomic E-state index is 0.0195. The van der Waals surface area contributed by atoms with Crippen LogP contribution in [0.4, 0.5) is 0 Å². The fraction of sp³-hybridized carbons (Fsp3) is 0.867. The molecule has 3 atom stereocenters. The van der Waals surface area contributed by atoms with E-state index in [0.717, 1.165) is 12.3 Å². The van der Waals surface area contributed by atoms with Crippen LogP contribution in [0.1, 0.15) is 52.4 Å². The lowest BCUT2D eigenvalue weighted by Crippen LogP contribution is -2.68. The van der Waals surface area contributed by atoms with Crippen LogP contribution in [-0.2, 0) is 9.59 Å². The van der Waals surface area contributed by atoms with E-state index in [4.69, 9.17) is 0 Å². The summed E-state index contributed by atoms with van der Waals surface area (Å²) in [4.78, 5) is 26.8. The number of amides is 2. The van der Waals surface area contributed by atoms with Gasteiger partial charge in [0.2, 0.25) is 11.8 Å². The summed E-state index contributed by atoms with van der Waals surface area (Å²) in [5.41, 5.74) is -0.642. The van der Waals surface area contributed by atoms with Crippen LogP contribution in [0.15, 0.2) is 0 Å². The van der Waals surface area contributed by atoms with Crippen LogP contribution in [-0.4, -0.2) is 34.8 Å². The molecule has 1 aliphatic heterocycles. The van der Waals surface area contributed by atoms with Gasteiger partial charge in [0.1, 0.15) is 5.54 Å². The van der Waals surface area contributed by atoms with Gasteiger partial charge in [-0.05, 0) is 43.9 Å². The second-order valence-electron chi connectivity index (χ2n) is 6.51. The summed E-state index contributed by atoms with van der Waals surface area (Å²) in [7, 11) is 0. The predicted octanol–water partition coefficient (Wildman–Crippen LogP) is 1.69. The predicted molar refractivity (Wildman–Crippen MR) is 72.4 cm³/mol. The fourth-order valence-electron chi connectivity index (χ4n) is 4.45. The molecule has 4 heteroatoms. The largest absolute Gasteiger partial charge is 0.340 e. The Morgan fingerprint density at radius 2 is 1.95 bits per heavy atom. The molecule has 4 nitrogen and oxygen atoms in total. The summed E-state index contributed by atoms with van der Waals surface area (Å²) < 4.78 is 0. The first kappa shape index (κ1) is 12.9. The lowest BCUT2D eigenvalue weighted by atomic mass is 9.86. The second-order valence-corrected chi connectivity index (χ2v) is 6.51. The Balaban J connectivity index is 1.84. The molecule has 0 aromatic heterocycles. The third kappa shape index (κ3) is 1.87. The van der Waals surface area contributed by atoms with Crippen LogP contribution in [0.2, 0.25) is 0 Å². The van der Waals surface area contributed by atoms with Gasteiger partial charge in [0.25, 0.3) is 0 Å². The molecule has 2 aliphatic carbocycles. The number of nitrogens with one attached hydrogen (secondary N) is 1. The number of hydrogen-bond donors (Lipinski definition) is 1. The molecule has 3 rings (SSSR count). The highest BCUT2D eigenvalue weighted by Crippen LogP contribution is 2.47. The van der Waals surface area contributed by atoms with E-state index in [1.807, 2.05) is 18.7 Å². The molecule has 0 radical (unpaired) electrons. The van der Waals surface area contributed by atoms with Gasteiger partial charge in [-0.1, -0.05) is 20.3 Å². The van der Waals surface area contributed by atoms with E-state index in [9.17, 15) is 9.59 Å². The Bertz CT molecular complexity index is 403. The normalized spacial score (nSPS) is 36.7. The van der Waals surface area contributed by atoms with Crippen molar-refractivity contribution in [1.29, 1.82) is 0 Å². The van der Waals surface area contributed by atoms with Gasteiger partial charge in [-0.3, -0.25) is 9.59 Å². The number of hydrogen-bond acceptors (Lipinski definition) is 2. The smallest absolute Gasteiger partial charge is 0.249 e. The molecule has 106 valence electrons. The molecular formula is C15H24N2O2. The molecule has 0 aromatic carbocycles. The van der Waals surface area contributed by atoms with Crippen molar-refractivity contribution in [3.63, 3.8) is 0 Å². The van der Waals surface area contributed by atoms with E-state index in [-0.39, 0.29) is 18.4 Å². The number of piperazine rings is 1. The summed E-state index contributed by atoms with van der Waals surface area (Å²) in [5, 5.41) is 2.95. The highest BCUT2D eigenvalue weighted by molar-refractivity contribution is 5.98. The van der Waals surface area contributed by atoms with Crippen molar-refractivity contribution in [3.8, 4) is 0 Å². The summed E-state index contributed by atoms with van der Waals surface area (Å²) >= 11 is 0. The Hall–Kier alpha value is -1.06. The lowest BCUT2D eigenvalue weighted by Gasteiger charge is -2.45. The molecule has 2 amide bonds. The van der Waals surface area contributed by atoms with E-state index >= 15 is 0 Å². The van der Waals surface area contributed by atoms with Gasteiger partial charge in [-0.2, -0.15) is 0 Å². The quantitative estimate of drug-likeness (QED) is 0.843. The zero-order chi connectivity index (χ0) is 13.6. The second kappa shape index (κ2) is 4.50. The minimum atomic E-state index is -0.642. The van der Waals surface area contributed by atoms with E-state index < -0.39 is 5.54 Å². The minimum Gasteiger partial charge on any atom is -0.340 e. The van der Waals surface area contributed by atoms with Crippen molar-refractivity contribution in [3.05, 3.63) is 0 Å². The maximum Gasteiger partial charge on any atom is 0.249 e. The fourth-order valence-corrected chi connectivity index (χ4v) is 4.45. The number of carbonyl (C=O) groups is 2. The van der Waals surface area contributed by atoms with E-state index in [1.165, 1.54) is 19.3 Å². The highest BCUT2D eigenvalue weighted by Gasteiger charge is 2.50. The molecule has 1 heterocycles. The molecule has 3 aliphatic rings. The number of fused-ring (bicyclic) bond motifs is 2. The van der Waals surface area contributed by atoms with Crippen LogP contribution in [0.5, 0.6) is 0 Å². The van der Waals surface area contributed by atoms with E-state index in [1.54, 1.807) is 0 Å². The van der Waals surface area contributed by atoms with E-state index in [0.29, 0.717) is 24.8 Å². The Labute approximate surface area is 114 Å². The van der Waals surface area contributed by atoms with Crippen molar-refractivity contribution in [2.75, 3.05) is 6.54 Å². The zero-order valence-corrected chi connectivity index (χ0v) is 11.9. The average Bonchev–Trinajstić information content (AvgIpc) is 3.03. The first-order valence-corrected chi connectivity index (χ1v) is 7.71. The monoisotopic (exact) mass is 264 g/mol. The molecular weight excluding hydrogens is 240 g/mol. The van der Waals surface area contributed by atoms with Crippen molar-refractivity contribution < 1.29 is 9.59 Å². The Morgan fingerprint density at radius 1 is 1.21 bits per heavy atom. The first-order valence-electron chi connectivity index (χ1n) is 7.71. The summed E-state index contributed by atoms with van der Waals surface area (Å²) in [6, 6.07) is 0.328. The molecule has 3 fully saturated rings.